The van der Waals surface area contributed by atoms with Crippen LogP contribution in [0.5, 0.6) is 5.88 Å². The van der Waals surface area contributed by atoms with Crippen molar-refractivity contribution >= 4 is 9.84 Å². The summed E-state index contributed by atoms with van der Waals surface area (Å²) in [6.45, 7) is 3.33. The number of pyridine rings is 1. The van der Waals surface area contributed by atoms with Gasteiger partial charge in [0.2, 0.25) is 15.7 Å². The molecule has 1 atom stereocenters. The summed E-state index contributed by atoms with van der Waals surface area (Å²) < 4.78 is 55.0. The van der Waals surface area contributed by atoms with E-state index in [1.807, 2.05) is 6.07 Å². The van der Waals surface area contributed by atoms with Gasteiger partial charge in [-0.05, 0) is 37.6 Å². The number of methoxy groups -OCH3 is 1. The van der Waals surface area contributed by atoms with Gasteiger partial charge in [0, 0.05) is 30.6 Å². The molecule has 0 unspecified atom stereocenters. The number of rotatable bonds is 10. The Morgan fingerprint density at radius 3 is 2.49 bits per heavy atom. The number of nitrogens with zero attached hydrogens (tertiary/aromatic N) is 4. The lowest BCUT2D eigenvalue weighted by Crippen LogP contribution is -2.29. The molecule has 0 bridgehead atoms. The zero-order valence-corrected chi connectivity index (χ0v) is 23.3. The molecule has 2 aromatic heterocycles. The maximum Gasteiger partial charge on any atom is 0.296 e. The van der Waals surface area contributed by atoms with E-state index in [2.05, 4.69) is 9.97 Å². The van der Waals surface area contributed by atoms with E-state index in [1.54, 1.807) is 44.2 Å². The Labute approximate surface area is 236 Å². The molecule has 0 saturated carbocycles. The topological polar surface area (TPSA) is 144 Å². The smallest absolute Gasteiger partial charge is 0.296 e. The second kappa shape index (κ2) is 12.4. The second-order valence-electron chi connectivity index (χ2n) is 9.28. The van der Waals surface area contributed by atoms with E-state index in [1.165, 1.54) is 36.2 Å². The number of hydrogen-bond donors (Lipinski definition) is 1. The van der Waals surface area contributed by atoms with Crippen LogP contribution in [0.2, 0.25) is 0 Å². The van der Waals surface area contributed by atoms with Gasteiger partial charge in [0.15, 0.2) is 4.90 Å². The number of sulfone groups is 1. The third-order valence-corrected chi connectivity index (χ3v) is 8.02. The SMILES string of the molecule is COC[C@@H](c1ccccc1)n1c(COC(C)C)nc(=O)c(S(=O)(=O)c2ccc(-c3ccncc3C#N)c(F)c2)c1O. The van der Waals surface area contributed by atoms with Crippen molar-refractivity contribution in [3.63, 3.8) is 0 Å². The fourth-order valence-electron chi connectivity index (χ4n) is 4.33. The van der Waals surface area contributed by atoms with Crippen molar-refractivity contribution in [3.05, 3.63) is 100 Å². The summed E-state index contributed by atoms with van der Waals surface area (Å²) in [5.41, 5.74) is -0.305. The first-order valence-electron chi connectivity index (χ1n) is 12.5. The molecule has 4 rings (SSSR count). The maximum atomic E-state index is 15.3. The normalized spacial score (nSPS) is 12.3. The van der Waals surface area contributed by atoms with Gasteiger partial charge in [-0.1, -0.05) is 36.4 Å². The van der Waals surface area contributed by atoms with Crippen LogP contribution in [0.3, 0.4) is 0 Å². The predicted molar refractivity (Wildman–Crippen MR) is 146 cm³/mol. The van der Waals surface area contributed by atoms with Gasteiger partial charge in [-0.15, -0.1) is 0 Å². The number of hydrogen-bond acceptors (Lipinski definition) is 9. The van der Waals surface area contributed by atoms with Gasteiger partial charge < -0.3 is 14.6 Å². The van der Waals surface area contributed by atoms with Crippen molar-refractivity contribution < 1.29 is 27.4 Å². The van der Waals surface area contributed by atoms with Crippen LogP contribution in [0, 0.1) is 17.1 Å². The van der Waals surface area contributed by atoms with Gasteiger partial charge in [-0.3, -0.25) is 14.3 Å². The molecule has 1 N–H and O–H groups in total. The lowest BCUT2D eigenvalue weighted by molar-refractivity contribution is 0.0554. The molecule has 0 radical (unpaired) electrons. The van der Waals surface area contributed by atoms with Crippen LogP contribution in [-0.2, 0) is 25.9 Å². The van der Waals surface area contributed by atoms with Crippen LogP contribution in [0.25, 0.3) is 11.1 Å². The highest BCUT2D eigenvalue weighted by Gasteiger charge is 2.33. The lowest BCUT2D eigenvalue weighted by atomic mass is 10.0. The van der Waals surface area contributed by atoms with E-state index < -0.39 is 42.9 Å². The molecule has 0 aliphatic heterocycles. The molecule has 0 saturated heterocycles. The van der Waals surface area contributed by atoms with Gasteiger partial charge >= 0.3 is 0 Å². The molecule has 0 amide bonds. The van der Waals surface area contributed by atoms with Crippen molar-refractivity contribution in [2.24, 2.45) is 0 Å². The summed E-state index contributed by atoms with van der Waals surface area (Å²) in [5.74, 6) is -1.86. The van der Waals surface area contributed by atoms with Gasteiger partial charge in [-0.2, -0.15) is 10.2 Å². The molecule has 2 aromatic carbocycles. The minimum atomic E-state index is -4.78. The predicted octanol–water partition coefficient (Wildman–Crippen LogP) is 4.02. The van der Waals surface area contributed by atoms with Crippen LogP contribution in [-0.4, -0.2) is 47.9 Å². The monoisotopic (exact) mass is 578 g/mol. The highest BCUT2D eigenvalue weighted by atomic mass is 32.2. The highest BCUT2D eigenvalue weighted by Crippen LogP contribution is 2.34. The number of nitriles is 1. The van der Waals surface area contributed by atoms with Crippen molar-refractivity contribution in [3.8, 4) is 23.1 Å². The van der Waals surface area contributed by atoms with E-state index in [0.29, 0.717) is 5.56 Å². The molecule has 2 heterocycles. The summed E-state index contributed by atoms with van der Waals surface area (Å²) in [7, 11) is -3.34. The van der Waals surface area contributed by atoms with Crippen molar-refractivity contribution in [2.75, 3.05) is 13.7 Å². The summed E-state index contributed by atoms with van der Waals surface area (Å²) in [6.07, 6.45) is 2.38. The lowest BCUT2D eigenvalue weighted by Gasteiger charge is -2.26. The van der Waals surface area contributed by atoms with E-state index >= 15 is 4.39 Å². The number of benzene rings is 2. The van der Waals surface area contributed by atoms with Crippen LogP contribution < -0.4 is 5.56 Å². The molecular weight excluding hydrogens is 551 g/mol. The van der Waals surface area contributed by atoms with Crippen LogP contribution in [0.1, 0.15) is 36.8 Å². The first-order chi connectivity index (χ1) is 19.6. The van der Waals surface area contributed by atoms with Gasteiger partial charge in [0.05, 0.1) is 29.2 Å². The molecule has 0 aliphatic carbocycles. The van der Waals surface area contributed by atoms with Gasteiger partial charge in [-0.25, -0.2) is 12.8 Å². The van der Waals surface area contributed by atoms with Gasteiger partial charge in [0.25, 0.3) is 5.56 Å². The molecule has 10 nitrogen and oxygen atoms in total. The summed E-state index contributed by atoms with van der Waals surface area (Å²) in [4.78, 5) is 19.4. The van der Waals surface area contributed by atoms with Gasteiger partial charge in [0.1, 0.15) is 24.3 Å². The average Bonchev–Trinajstić information content (AvgIpc) is 2.95. The van der Waals surface area contributed by atoms with Crippen molar-refractivity contribution in [1.82, 2.24) is 14.5 Å². The Hall–Kier alpha value is -4.44. The quantitative estimate of drug-likeness (QED) is 0.295. The van der Waals surface area contributed by atoms with E-state index in [4.69, 9.17) is 9.47 Å². The van der Waals surface area contributed by atoms with Crippen molar-refractivity contribution in [2.45, 2.75) is 42.4 Å². The number of aromatic hydroxyl groups is 1. The fourth-order valence-corrected chi connectivity index (χ4v) is 5.68. The molecule has 0 spiro atoms. The molecule has 0 aliphatic rings. The average molecular weight is 579 g/mol. The largest absolute Gasteiger partial charge is 0.493 e. The Kier molecular flexibility index (Phi) is 8.92. The standard InChI is InChI=1S/C29H27FN4O6S/c1-18(2)40-17-26-33-28(35)27(29(36)34(26)25(16-39-3)19-7-5-4-6-8-19)41(37,38)21-9-10-23(24(30)13-21)22-11-12-32-15-20(22)14-31/h4-13,15,18,25,36H,16-17H2,1-3H3/t25-/m0/s1. The maximum absolute atomic E-state index is 15.3. The van der Waals surface area contributed by atoms with E-state index in [-0.39, 0.29) is 41.8 Å². The van der Waals surface area contributed by atoms with E-state index in [9.17, 15) is 23.6 Å². The zero-order valence-electron chi connectivity index (χ0n) is 22.5. The van der Waals surface area contributed by atoms with Crippen molar-refractivity contribution in [1.29, 1.82) is 5.26 Å². The Balaban J connectivity index is 1.91. The van der Waals surface area contributed by atoms with Crippen LogP contribution in [0.4, 0.5) is 4.39 Å². The number of ether oxygens (including phenoxy) is 2. The minimum absolute atomic E-state index is 0.00717. The van der Waals surface area contributed by atoms with Crippen LogP contribution >= 0.6 is 0 Å². The van der Waals surface area contributed by atoms with Crippen LogP contribution in [0.15, 0.2) is 81.6 Å². The first kappa shape index (κ1) is 29.5. The minimum Gasteiger partial charge on any atom is -0.493 e. The second-order valence-corrected chi connectivity index (χ2v) is 11.2. The molecule has 212 valence electrons. The fraction of sp³-hybridized carbons (Fsp3) is 0.241. The summed E-state index contributed by atoms with van der Waals surface area (Å²) in [6, 6.07) is 14.4. The number of halogens is 1. The molecule has 12 heteroatoms. The highest BCUT2D eigenvalue weighted by molar-refractivity contribution is 7.91. The molecule has 4 aromatic rings. The first-order valence-corrected chi connectivity index (χ1v) is 14.0. The summed E-state index contributed by atoms with van der Waals surface area (Å²) >= 11 is 0. The Morgan fingerprint density at radius 2 is 1.85 bits per heavy atom. The molecular formula is C29H27FN4O6S. The Bertz CT molecular complexity index is 1770. The molecule has 41 heavy (non-hydrogen) atoms. The number of aromatic nitrogens is 3. The Morgan fingerprint density at radius 1 is 1.12 bits per heavy atom. The molecule has 0 fully saturated rings. The summed E-state index contributed by atoms with van der Waals surface area (Å²) in [5, 5.41) is 20.8. The zero-order chi connectivity index (χ0) is 29.7. The third kappa shape index (κ3) is 6.02. The van der Waals surface area contributed by atoms with E-state index in [0.717, 1.165) is 12.1 Å². The third-order valence-electron chi connectivity index (χ3n) is 6.25.